The molecule has 0 aliphatic rings. The second kappa shape index (κ2) is 4.78. The topological polar surface area (TPSA) is 46.0 Å². The summed E-state index contributed by atoms with van der Waals surface area (Å²) >= 11 is 0. The van der Waals surface area contributed by atoms with Crippen molar-refractivity contribution in [2.24, 2.45) is 0 Å². The van der Waals surface area contributed by atoms with E-state index in [0.29, 0.717) is 0 Å². The van der Waals surface area contributed by atoms with E-state index in [1.807, 2.05) is 42.5 Å². The molecule has 0 fully saturated rings. The van der Waals surface area contributed by atoms with Crippen LogP contribution in [0.4, 0.5) is 0 Å². The Morgan fingerprint density at radius 2 is 1.63 bits per heavy atom. The van der Waals surface area contributed by atoms with Crippen LogP contribution in [0.2, 0.25) is 0 Å². The lowest BCUT2D eigenvalue weighted by Gasteiger charge is -2.08. The van der Waals surface area contributed by atoms with Crippen molar-refractivity contribution in [1.82, 2.24) is 9.97 Å². The molecule has 3 nitrogen and oxygen atoms in total. The van der Waals surface area contributed by atoms with Crippen LogP contribution in [0.15, 0.2) is 54.9 Å². The summed E-state index contributed by atoms with van der Waals surface area (Å²) < 4.78 is 0. The van der Waals surface area contributed by atoms with Crippen LogP contribution >= 0.6 is 0 Å². The Kier molecular flexibility index (Phi) is 2.97. The van der Waals surface area contributed by atoms with Crippen molar-refractivity contribution in [3.05, 3.63) is 60.4 Å². The summed E-state index contributed by atoms with van der Waals surface area (Å²) in [6.07, 6.45) is 2.93. The molecule has 0 radical (unpaired) electrons. The van der Waals surface area contributed by atoms with E-state index in [1.165, 1.54) is 0 Å². The molecular weight excluding hydrogens is 236 g/mol. The molecule has 19 heavy (non-hydrogen) atoms. The van der Waals surface area contributed by atoms with Crippen LogP contribution in [0.25, 0.3) is 22.2 Å². The second-order valence-electron chi connectivity index (χ2n) is 4.56. The summed E-state index contributed by atoms with van der Waals surface area (Å²) in [7, 11) is 0. The highest BCUT2D eigenvalue weighted by atomic mass is 16.3. The first-order valence-electron chi connectivity index (χ1n) is 6.23. The fraction of sp³-hybridized carbons (Fsp3) is 0.125. The predicted octanol–water partition coefficient (Wildman–Crippen LogP) is 3.35. The van der Waals surface area contributed by atoms with Crippen LogP contribution < -0.4 is 0 Å². The van der Waals surface area contributed by atoms with Gasteiger partial charge in [0, 0.05) is 12.4 Å². The fourth-order valence-electron chi connectivity index (χ4n) is 2.12. The second-order valence-corrected chi connectivity index (χ2v) is 4.56. The molecule has 0 aliphatic heterocycles. The summed E-state index contributed by atoms with van der Waals surface area (Å²) in [4.78, 5) is 8.57. The van der Waals surface area contributed by atoms with Gasteiger partial charge in [-0.15, -0.1) is 0 Å². The van der Waals surface area contributed by atoms with Gasteiger partial charge in [-0.3, -0.25) is 9.97 Å². The SMILES string of the molecule is CC(O)c1cccc(-c2ccc3nccnc3c2)c1. The van der Waals surface area contributed by atoms with Gasteiger partial charge in [-0.1, -0.05) is 24.3 Å². The zero-order valence-corrected chi connectivity index (χ0v) is 10.6. The first kappa shape index (κ1) is 11.8. The molecule has 1 heterocycles. The Morgan fingerprint density at radius 1 is 0.895 bits per heavy atom. The Bertz CT molecular complexity index is 723. The summed E-state index contributed by atoms with van der Waals surface area (Å²) in [5, 5.41) is 9.64. The number of aliphatic hydroxyl groups excluding tert-OH is 1. The average molecular weight is 250 g/mol. The van der Waals surface area contributed by atoms with Gasteiger partial charge in [0.2, 0.25) is 0 Å². The van der Waals surface area contributed by atoms with Crippen LogP contribution in [0.1, 0.15) is 18.6 Å². The molecule has 2 aromatic carbocycles. The number of hydrogen-bond donors (Lipinski definition) is 1. The number of benzene rings is 2. The molecule has 1 atom stereocenters. The highest BCUT2D eigenvalue weighted by Crippen LogP contribution is 2.25. The van der Waals surface area contributed by atoms with Crippen LogP contribution in [-0.2, 0) is 0 Å². The number of fused-ring (bicyclic) bond motifs is 1. The van der Waals surface area contributed by atoms with E-state index in [0.717, 1.165) is 27.7 Å². The normalized spacial score (nSPS) is 12.5. The molecule has 0 saturated carbocycles. The number of nitrogens with zero attached hydrogens (tertiary/aromatic N) is 2. The van der Waals surface area contributed by atoms with Crippen molar-refractivity contribution in [3.8, 4) is 11.1 Å². The summed E-state index contributed by atoms with van der Waals surface area (Å²) in [5.41, 5.74) is 4.83. The van der Waals surface area contributed by atoms with E-state index in [9.17, 15) is 5.11 Å². The minimum absolute atomic E-state index is 0.458. The minimum Gasteiger partial charge on any atom is -0.389 e. The van der Waals surface area contributed by atoms with E-state index in [4.69, 9.17) is 0 Å². The third-order valence-electron chi connectivity index (χ3n) is 3.17. The molecule has 0 bridgehead atoms. The first-order valence-corrected chi connectivity index (χ1v) is 6.23. The largest absolute Gasteiger partial charge is 0.389 e. The van der Waals surface area contributed by atoms with E-state index >= 15 is 0 Å². The smallest absolute Gasteiger partial charge is 0.0892 e. The number of aromatic nitrogens is 2. The van der Waals surface area contributed by atoms with E-state index < -0.39 is 6.10 Å². The predicted molar refractivity (Wildman–Crippen MR) is 75.6 cm³/mol. The molecule has 3 heteroatoms. The molecule has 1 unspecified atom stereocenters. The highest BCUT2D eigenvalue weighted by molar-refractivity contribution is 5.81. The molecule has 0 spiro atoms. The molecule has 1 N–H and O–H groups in total. The lowest BCUT2D eigenvalue weighted by molar-refractivity contribution is 0.199. The van der Waals surface area contributed by atoms with E-state index in [2.05, 4.69) is 9.97 Å². The summed E-state index contributed by atoms with van der Waals surface area (Å²) in [6, 6.07) is 13.9. The number of aliphatic hydroxyl groups is 1. The van der Waals surface area contributed by atoms with Gasteiger partial charge >= 0.3 is 0 Å². The van der Waals surface area contributed by atoms with Gasteiger partial charge in [-0.25, -0.2) is 0 Å². The van der Waals surface area contributed by atoms with Crippen LogP contribution in [0.3, 0.4) is 0 Å². The molecule has 94 valence electrons. The Hall–Kier alpha value is -2.26. The maximum absolute atomic E-state index is 9.64. The molecule has 0 saturated heterocycles. The monoisotopic (exact) mass is 250 g/mol. The van der Waals surface area contributed by atoms with E-state index in [-0.39, 0.29) is 0 Å². The van der Waals surface area contributed by atoms with Crippen molar-refractivity contribution >= 4 is 11.0 Å². The molecule has 3 rings (SSSR count). The Labute approximate surface area is 111 Å². The third kappa shape index (κ3) is 2.33. The van der Waals surface area contributed by atoms with Gasteiger partial charge in [0.15, 0.2) is 0 Å². The van der Waals surface area contributed by atoms with Gasteiger partial charge in [0.1, 0.15) is 0 Å². The summed E-state index contributed by atoms with van der Waals surface area (Å²) in [6.45, 7) is 1.77. The number of rotatable bonds is 2. The van der Waals surface area contributed by atoms with Crippen molar-refractivity contribution in [2.75, 3.05) is 0 Å². The van der Waals surface area contributed by atoms with E-state index in [1.54, 1.807) is 19.3 Å². The number of hydrogen-bond acceptors (Lipinski definition) is 3. The molecule has 1 aromatic heterocycles. The molecule has 0 amide bonds. The van der Waals surface area contributed by atoms with Gasteiger partial charge < -0.3 is 5.11 Å². The molecule has 0 aliphatic carbocycles. The van der Waals surface area contributed by atoms with Crippen molar-refractivity contribution in [3.63, 3.8) is 0 Å². The minimum atomic E-state index is -0.458. The highest BCUT2D eigenvalue weighted by Gasteiger charge is 2.04. The van der Waals surface area contributed by atoms with Crippen molar-refractivity contribution in [1.29, 1.82) is 0 Å². The third-order valence-corrected chi connectivity index (χ3v) is 3.17. The first-order chi connectivity index (χ1) is 9.24. The Morgan fingerprint density at radius 3 is 2.42 bits per heavy atom. The lowest BCUT2D eigenvalue weighted by Crippen LogP contribution is -1.91. The van der Waals surface area contributed by atoms with Gasteiger partial charge in [-0.05, 0) is 41.8 Å². The molecular formula is C16H14N2O. The van der Waals surface area contributed by atoms with Crippen LogP contribution in [0, 0.1) is 0 Å². The standard InChI is InChI=1S/C16H14N2O/c1-11(19)12-3-2-4-13(9-12)14-5-6-15-16(10-14)18-8-7-17-15/h2-11,19H,1H3. The van der Waals surface area contributed by atoms with Gasteiger partial charge in [0.25, 0.3) is 0 Å². The zero-order valence-electron chi connectivity index (χ0n) is 10.6. The maximum atomic E-state index is 9.64. The average Bonchev–Trinajstić information content (AvgIpc) is 2.47. The molecule has 3 aromatic rings. The van der Waals surface area contributed by atoms with Crippen LogP contribution in [-0.4, -0.2) is 15.1 Å². The van der Waals surface area contributed by atoms with Gasteiger partial charge in [-0.2, -0.15) is 0 Å². The lowest BCUT2D eigenvalue weighted by atomic mass is 10.0. The fourth-order valence-corrected chi connectivity index (χ4v) is 2.12. The summed E-state index contributed by atoms with van der Waals surface area (Å²) in [5.74, 6) is 0. The Balaban J connectivity index is 2.11. The van der Waals surface area contributed by atoms with Crippen molar-refractivity contribution in [2.45, 2.75) is 13.0 Å². The quantitative estimate of drug-likeness (QED) is 0.758. The maximum Gasteiger partial charge on any atom is 0.0892 e. The zero-order chi connectivity index (χ0) is 13.2. The van der Waals surface area contributed by atoms with Crippen molar-refractivity contribution < 1.29 is 5.11 Å². The van der Waals surface area contributed by atoms with Crippen LogP contribution in [0.5, 0.6) is 0 Å². The van der Waals surface area contributed by atoms with Gasteiger partial charge in [0.05, 0.1) is 17.1 Å².